The smallest absolute Gasteiger partial charge is 0.408 e. The van der Waals surface area contributed by atoms with Gasteiger partial charge in [-0.3, -0.25) is 4.79 Å². The summed E-state index contributed by atoms with van der Waals surface area (Å²) in [5.74, 6) is -3.35. The van der Waals surface area contributed by atoms with E-state index in [1.807, 2.05) is 30.3 Å². The van der Waals surface area contributed by atoms with E-state index in [-0.39, 0.29) is 13.0 Å². The average molecular weight is 425 g/mol. The van der Waals surface area contributed by atoms with Gasteiger partial charge in [-0.25, -0.2) is 9.59 Å². The molecule has 2 atom stereocenters. The number of benzene rings is 2. The highest BCUT2D eigenvalue weighted by Crippen LogP contribution is 2.38. The molecule has 3 rings (SSSR count). The monoisotopic (exact) mass is 425 g/mol. The van der Waals surface area contributed by atoms with Gasteiger partial charge in [0, 0.05) is 0 Å². The third kappa shape index (κ3) is 5.05. The Balaban J connectivity index is 1.66. The summed E-state index contributed by atoms with van der Waals surface area (Å²) < 4.78 is 5.30. The molecule has 0 spiro atoms. The van der Waals surface area contributed by atoms with Crippen molar-refractivity contribution in [2.24, 2.45) is 11.3 Å². The van der Waals surface area contributed by atoms with E-state index in [1.165, 1.54) is 5.56 Å². The summed E-state index contributed by atoms with van der Waals surface area (Å²) in [4.78, 5) is 35.5. The van der Waals surface area contributed by atoms with Crippen molar-refractivity contribution in [1.29, 1.82) is 0 Å². The molecule has 0 aliphatic heterocycles. The third-order valence-corrected chi connectivity index (χ3v) is 5.71. The van der Waals surface area contributed by atoms with Gasteiger partial charge in [-0.1, -0.05) is 63.2 Å². The van der Waals surface area contributed by atoms with Crippen LogP contribution in [-0.4, -0.2) is 34.3 Å². The Bertz CT molecular complexity index is 1010. The van der Waals surface area contributed by atoms with Crippen LogP contribution in [0.5, 0.6) is 0 Å². The number of alkyl carbamates (subject to hydrolysis) is 1. The summed E-state index contributed by atoms with van der Waals surface area (Å²) in [6, 6.07) is 12.6. The maximum absolute atomic E-state index is 12.3. The lowest BCUT2D eigenvalue weighted by molar-refractivity contribution is -0.147. The van der Waals surface area contributed by atoms with Crippen LogP contribution in [0.4, 0.5) is 4.79 Å². The van der Waals surface area contributed by atoms with Crippen LogP contribution in [0.25, 0.3) is 11.1 Å². The van der Waals surface area contributed by atoms with E-state index in [4.69, 9.17) is 4.74 Å². The van der Waals surface area contributed by atoms with Crippen molar-refractivity contribution < 1.29 is 29.3 Å². The third-order valence-electron chi connectivity index (χ3n) is 5.71. The van der Waals surface area contributed by atoms with E-state index in [2.05, 4.69) is 17.4 Å². The Labute approximate surface area is 181 Å². The Morgan fingerprint density at radius 3 is 2.32 bits per heavy atom. The molecule has 7 heteroatoms. The van der Waals surface area contributed by atoms with Gasteiger partial charge in [0.1, 0.15) is 12.6 Å². The number of carboxylic acid groups (broad SMARTS) is 2. The van der Waals surface area contributed by atoms with Gasteiger partial charge in [0.25, 0.3) is 0 Å². The van der Waals surface area contributed by atoms with Crippen molar-refractivity contribution in [1.82, 2.24) is 5.32 Å². The molecule has 31 heavy (non-hydrogen) atoms. The molecule has 1 aliphatic rings. The van der Waals surface area contributed by atoms with E-state index in [9.17, 15) is 24.6 Å². The van der Waals surface area contributed by atoms with Gasteiger partial charge in [-0.2, -0.15) is 0 Å². The molecular weight excluding hydrogens is 398 g/mol. The van der Waals surface area contributed by atoms with E-state index in [0.29, 0.717) is 0 Å². The normalized spacial score (nSPS) is 14.2. The SMILES string of the molecule is CC(C)(C)C(C[C@H](NC(=O)OCc1cccc2c1Cc1ccccc1-2)C(=O)O)C(=O)O. The molecule has 0 aromatic heterocycles. The van der Waals surface area contributed by atoms with Crippen molar-refractivity contribution in [2.45, 2.75) is 46.3 Å². The zero-order chi connectivity index (χ0) is 22.8. The second-order valence-electron chi connectivity index (χ2n) is 8.88. The van der Waals surface area contributed by atoms with Crippen LogP contribution in [0.1, 0.15) is 43.9 Å². The van der Waals surface area contributed by atoms with Gasteiger partial charge in [-0.15, -0.1) is 0 Å². The fourth-order valence-electron chi connectivity index (χ4n) is 3.97. The fraction of sp³-hybridized carbons (Fsp3) is 0.375. The van der Waals surface area contributed by atoms with Gasteiger partial charge in [0.2, 0.25) is 0 Å². The first-order valence-electron chi connectivity index (χ1n) is 10.2. The zero-order valence-electron chi connectivity index (χ0n) is 17.8. The quantitative estimate of drug-likeness (QED) is 0.526. The minimum absolute atomic E-state index is 0.00301. The van der Waals surface area contributed by atoms with Crippen molar-refractivity contribution in [2.75, 3.05) is 0 Å². The Kier molecular flexibility index (Phi) is 6.34. The van der Waals surface area contributed by atoms with E-state index in [1.54, 1.807) is 20.8 Å². The number of carboxylic acids is 2. The standard InChI is InChI=1S/C24H27NO6/c1-24(2,3)19(21(26)27)12-20(22(28)29)25-23(30)31-13-15-8-6-10-17-16-9-5-4-7-14(16)11-18(15)17/h4-10,19-20H,11-13H2,1-3H3,(H,25,30)(H,26,27)(H,28,29)/t19?,20-/m0/s1. The van der Waals surface area contributed by atoms with Crippen molar-refractivity contribution >= 4 is 18.0 Å². The van der Waals surface area contributed by atoms with Crippen molar-refractivity contribution in [3.63, 3.8) is 0 Å². The molecular formula is C24H27NO6. The van der Waals surface area contributed by atoms with Crippen LogP contribution < -0.4 is 5.32 Å². The van der Waals surface area contributed by atoms with Crippen LogP contribution in [-0.2, 0) is 27.4 Å². The summed E-state index contributed by atoms with van der Waals surface area (Å²) >= 11 is 0. The number of nitrogens with one attached hydrogen (secondary N) is 1. The summed E-state index contributed by atoms with van der Waals surface area (Å²) in [6.45, 7) is 5.15. The average Bonchev–Trinajstić information content (AvgIpc) is 3.07. The lowest BCUT2D eigenvalue weighted by Gasteiger charge is -2.29. The predicted molar refractivity (Wildman–Crippen MR) is 115 cm³/mol. The lowest BCUT2D eigenvalue weighted by atomic mass is 9.77. The summed E-state index contributed by atoms with van der Waals surface area (Å²) in [6.07, 6.45) is -0.381. The summed E-state index contributed by atoms with van der Waals surface area (Å²) in [5, 5.41) is 21.2. The molecule has 2 aromatic rings. The highest BCUT2D eigenvalue weighted by molar-refractivity contribution is 5.81. The molecule has 2 aromatic carbocycles. The van der Waals surface area contributed by atoms with E-state index < -0.39 is 35.4 Å². The Morgan fingerprint density at radius 1 is 1.00 bits per heavy atom. The Morgan fingerprint density at radius 2 is 1.68 bits per heavy atom. The minimum atomic E-state index is -1.36. The molecule has 0 saturated carbocycles. The van der Waals surface area contributed by atoms with Gasteiger partial charge >= 0.3 is 18.0 Å². The molecule has 0 heterocycles. The van der Waals surface area contributed by atoms with Crippen molar-refractivity contribution in [3.8, 4) is 11.1 Å². The molecule has 7 nitrogen and oxygen atoms in total. The highest BCUT2D eigenvalue weighted by atomic mass is 16.5. The molecule has 0 fully saturated rings. The second kappa shape index (κ2) is 8.79. The second-order valence-corrected chi connectivity index (χ2v) is 8.88. The first-order chi connectivity index (χ1) is 14.6. The van der Waals surface area contributed by atoms with Gasteiger partial charge < -0.3 is 20.3 Å². The number of aliphatic carboxylic acids is 2. The maximum Gasteiger partial charge on any atom is 0.408 e. The van der Waals surface area contributed by atoms with E-state index in [0.717, 1.165) is 28.7 Å². The van der Waals surface area contributed by atoms with Crippen LogP contribution >= 0.6 is 0 Å². The fourth-order valence-corrected chi connectivity index (χ4v) is 3.97. The first kappa shape index (κ1) is 22.3. The number of hydrogen-bond donors (Lipinski definition) is 3. The first-order valence-corrected chi connectivity index (χ1v) is 10.2. The molecule has 0 saturated heterocycles. The van der Waals surface area contributed by atoms with Gasteiger partial charge in [-0.05, 0) is 46.1 Å². The molecule has 1 aliphatic carbocycles. The van der Waals surface area contributed by atoms with Crippen LogP contribution in [0.2, 0.25) is 0 Å². The molecule has 3 N–H and O–H groups in total. The number of ether oxygens (including phenoxy) is 1. The van der Waals surface area contributed by atoms with Crippen LogP contribution in [0.15, 0.2) is 42.5 Å². The van der Waals surface area contributed by atoms with Crippen molar-refractivity contribution in [3.05, 3.63) is 59.2 Å². The Hall–Kier alpha value is -3.35. The lowest BCUT2D eigenvalue weighted by Crippen LogP contribution is -2.45. The van der Waals surface area contributed by atoms with Gasteiger partial charge in [0.05, 0.1) is 5.92 Å². The number of carbonyl (C=O) groups excluding carboxylic acids is 1. The summed E-state index contributed by atoms with van der Waals surface area (Å²) in [5.41, 5.74) is 4.76. The largest absolute Gasteiger partial charge is 0.481 e. The van der Waals surface area contributed by atoms with Crippen LogP contribution in [0, 0.1) is 11.3 Å². The molecule has 164 valence electrons. The molecule has 0 radical (unpaired) electrons. The zero-order valence-corrected chi connectivity index (χ0v) is 17.8. The summed E-state index contributed by atoms with van der Waals surface area (Å²) in [7, 11) is 0. The maximum atomic E-state index is 12.3. The minimum Gasteiger partial charge on any atom is -0.481 e. The molecule has 0 bridgehead atoms. The predicted octanol–water partition coefficient (Wildman–Crippen LogP) is 4.07. The van der Waals surface area contributed by atoms with Gasteiger partial charge in [0.15, 0.2) is 0 Å². The van der Waals surface area contributed by atoms with Crippen LogP contribution in [0.3, 0.4) is 0 Å². The highest BCUT2D eigenvalue weighted by Gasteiger charge is 2.36. The number of fused-ring (bicyclic) bond motifs is 3. The molecule has 1 amide bonds. The van der Waals surface area contributed by atoms with E-state index >= 15 is 0 Å². The number of amides is 1. The number of rotatable bonds is 7. The topological polar surface area (TPSA) is 113 Å². The number of carbonyl (C=O) groups is 3. The number of hydrogen-bond acceptors (Lipinski definition) is 4. The molecule has 1 unspecified atom stereocenters.